The third kappa shape index (κ3) is 3.45. The van der Waals surface area contributed by atoms with Crippen LogP contribution in [0.25, 0.3) is 0 Å². The standard InChI is InChI=1S/C15H26N2/c1-17(13-15(12-16)9-5-10-15)11-8-14-6-3-2-4-7-14/h14H,2-11,13H2,1H3. The zero-order valence-corrected chi connectivity index (χ0v) is 11.2. The van der Waals surface area contributed by atoms with Crippen LogP contribution in [0, 0.1) is 22.7 Å². The van der Waals surface area contributed by atoms with Crippen molar-refractivity contribution in [2.45, 2.75) is 57.8 Å². The third-order valence-electron chi connectivity index (χ3n) is 4.76. The van der Waals surface area contributed by atoms with Crippen LogP contribution in [0.2, 0.25) is 0 Å². The van der Waals surface area contributed by atoms with Crippen LogP contribution in [-0.2, 0) is 0 Å². The molecule has 0 unspecified atom stereocenters. The van der Waals surface area contributed by atoms with E-state index in [2.05, 4.69) is 18.0 Å². The largest absolute Gasteiger partial charge is 0.305 e. The number of nitriles is 1. The van der Waals surface area contributed by atoms with E-state index in [-0.39, 0.29) is 5.41 Å². The lowest BCUT2D eigenvalue weighted by Gasteiger charge is -2.38. The van der Waals surface area contributed by atoms with Crippen molar-refractivity contribution < 1.29 is 0 Å². The molecular weight excluding hydrogens is 208 g/mol. The van der Waals surface area contributed by atoms with E-state index >= 15 is 0 Å². The molecule has 2 saturated carbocycles. The Morgan fingerprint density at radius 1 is 1.18 bits per heavy atom. The van der Waals surface area contributed by atoms with Gasteiger partial charge in [0.1, 0.15) is 0 Å². The zero-order chi connectivity index (χ0) is 12.1. The second-order valence-electron chi connectivity index (χ2n) is 6.28. The van der Waals surface area contributed by atoms with E-state index in [1.807, 2.05) is 0 Å². The molecular formula is C15H26N2. The number of hydrogen-bond donors (Lipinski definition) is 0. The van der Waals surface area contributed by atoms with Crippen LogP contribution < -0.4 is 0 Å². The van der Waals surface area contributed by atoms with Crippen molar-refractivity contribution in [3.63, 3.8) is 0 Å². The molecule has 0 aromatic rings. The normalized spacial score (nSPS) is 24.3. The van der Waals surface area contributed by atoms with Gasteiger partial charge in [-0.3, -0.25) is 0 Å². The van der Waals surface area contributed by atoms with Gasteiger partial charge >= 0.3 is 0 Å². The molecule has 2 nitrogen and oxygen atoms in total. The van der Waals surface area contributed by atoms with Crippen LogP contribution in [0.3, 0.4) is 0 Å². The van der Waals surface area contributed by atoms with Gasteiger partial charge in [0, 0.05) is 6.54 Å². The molecule has 0 aliphatic heterocycles. The minimum atomic E-state index is 0.0152. The van der Waals surface area contributed by atoms with Crippen LogP contribution in [-0.4, -0.2) is 25.0 Å². The van der Waals surface area contributed by atoms with Gasteiger partial charge in [-0.2, -0.15) is 5.26 Å². The van der Waals surface area contributed by atoms with Gasteiger partial charge in [0.25, 0.3) is 0 Å². The SMILES string of the molecule is CN(CCC1CCCCC1)CC1(C#N)CCC1. The molecule has 2 rings (SSSR count). The summed E-state index contributed by atoms with van der Waals surface area (Å²) >= 11 is 0. The second-order valence-corrected chi connectivity index (χ2v) is 6.28. The molecule has 0 radical (unpaired) electrons. The highest BCUT2D eigenvalue weighted by Gasteiger charge is 2.37. The molecule has 0 aromatic heterocycles. The van der Waals surface area contributed by atoms with Crippen LogP contribution in [0.1, 0.15) is 57.8 Å². The molecule has 0 spiro atoms. The van der Waals surface area contributed by atoms with Crippen molar-refractivity contribution in [2.75, 3.05) is 20.1 Å². The molecule has 96 valence electrons. The summed E-state index contributed by atoms with van der Waals surface area (Å²) in [5.41, 5.74) is 0.0152. The van der Waals surface area contributed by atoms with Gasteiger partial charge in [0.05, 0.1) is 11.5 Å². The number of rotatable bonds is 5. The van der Waals surface area contributed by atoms with E-state index in [0.717, 1.165) is 25.3 Å². The van der Waals surface area contributed by atoms with Crippen LogP contribution >= 0.6 is 0 Å². The van der Waals surface area contributed by atoms with Crippen LogP contribution in [0.15, 0.2) is 0 Å². The fraction of sp³-hybridized carbons (Fsp3) is 0.933. The quantitative estimate of drug-likeness (QED) is 0.727. The van der Waals surface area contributed by atoms with Crippen molar-refractivity contribution in [3.8, 4) is 6.07 Å². The first-order valence-corrected chi connectivity index (χ1v) is 7.34. The molecule has 0 aromatic carbocycles. The van der Waals surface area contributed by atoms with Gasteiger partial charge in [0.15, 0.2) is 0 Å². The van der Waals surface area contributed by atoms with Crippen molar-refractivity contribution >= 4 is 0 Å². The number of nitrogens with zero attached hydrogens (tertiary/aromatic N) is 2. The minimum absolute atomic E-state index is 0.0152. The Balaban J connectivity index is 1.66. The third-order valence-corrected chi connectivity index (χ3v) is 4.76. The highest BCUT2D eigenvalue weighted by atomic mass is 15.1. The van der Waals surface area contributed by atoms with Gasteiger partial charge < -0.3 is 4.90 Å². The second kappa shape index (κ2) is 5.87. The summed E-state index contributed by atoms with van der Waals surface area (Å²) in [6.45, 7) is 2.18. The van der Waals surface area contributed by atoms with Gasteiger partial charge in [-0.15, -0.1) is 0 Å². The van der Waals surface area contributed by atoms with Crippen LogP contribution in [0.5, 0.6) is 0 Å². The molecule has 2 fully saturated rings. The van der Waals surface area contributed by atoms with Gasteiger partial charge in [-0.25, -0.2) is 0 Å². The van der Waals surface area contributed by atoms with Gasteiger partial charge in [-0.05, 0) is 38.8 Å². The molecule has 0 amide bonds. The van der Waals surface area contributed by atoms with Gasteiger partial charge in [0.2, 0.25) is 0 Å². The van der Waals surface area contributed by atoms with Crippen molar-refractivity contribution in [2.24, 2.45) is 11.3 Å². The first-order valence-electron chi connectivity index (χ1n) is 7.34. The fourth-order valence-electron chi connectivity index (χ4n) is 3.38. The zero-order valence-electron chi connectivity index (χ0n) is 11.2. The topological polar surface area (TPSA) is 27.0 Å². The summed E-state index contributed by atoms with van der Waals surface area (Å²) in [4.78, 5) is 2.40. The summed E-state index contributed by atoms with van der Waals surface area (Å²) in [5.74, 6) is 0.964. The molecule has 2 aliphatic rings. The Bertz CT molecular complexity index is 269. The van der Waals surface area contributed by atoms with E-state index in [9.17, 15) is 5.26 Å². The summed E-state index contributed by atoms with van der Waals surface area (Å²) in [6, 6.07) is 2.54. The lowest BCUT2D eigenvalue weighted by molar-refractivity contribution is 0.131. The molecule has 0 bridgehead atoms. The molecule has 0 heterocycles. The summed E-state index contributed by atoms with van der Waals surface area (Å²) in [6.07, 6.45) is 12.1. The fourth-order valence-corrected chi connectivity index (χ4v) is 3.38. The van der Waals surface area contributed by atoms with E-state index < -0.39 is 0 Å². The van der Waals surface area contributed by atoms with E-state index in [1.165, 1.54) is 51.5 Å². The lowest BCUT2D eigenvalue weighted by atomic mass is 9.69. The predicted octanol–water partition coefficient (Wildman–Crippen LogP) is 3.58. The Morgan fingerprint density at radius 3 is 2.41 bits per heavy atom. The molecule has 2 heteroatoms. The van der Waals surface area contributed by atoms with Crippen molar-refractivity contribution in [1.82, 2.24) is 4.90 Å². The molecule has 2 aliphatic carbocycles. The Labute approximate surface area is 106 Å². The molecule has 0 N–H and O–H groups in total. The minimum Gasteiger partial charge on any atom is -0.305 e. The van der Waals surface area contributed by atoms with E-state index in [1.54, 1.807) is 0 Å². The Kier molecular flexibility index (Phi) is 4.45. The van der Waals surface area contributed by atoms with Gasteiger partial charge in [-0.1, -0.05) is 38.5 Å². The Morgan fingerprint density at radius 2 is 1.88 bits per heavy atom. The van der Waals surface area contributed by atoms with E-state index in [4.69, 9.17) is 0 Å². The average Bonchev–Trinajstić information content (AvgIpc) is 2.33. The van der Waals surface area contributed by atoms with Crippen molar-refractivity contribution in [3.05, 3.63) is 0 Å². The van der Waals surface area contributed by atoms with Crippen LogP contribution in [0.4, 0.5) is 0 Å². The highest BCUT2D eigenvalue weighted by molar-refractivity contribution is 5.06. The lowest BCUT2D eigenvalue weighted by Crippen LogP contribution is -2.40. The summed E-state index contributed by atoms with van der Waals surface area (Å²) in [5, 5.41) is 9.23. The average molecular weight is 234 g/mol. The van der Waals surface area contributed by atoms with Crippen molar-refractivity contribution in [1.29, 1.82) is 5.26 Å². The highest BCUT2D eigenvalue weighted by Crippen LogP contribution is 2.40. The summed E-state index contributed by atoms with van der Waals surface area (Å²) in [7, 11) is 2.19. The molecule has 0 atom stereocenters. The first kappa shape index (κ1) is 12.9. The molecule has 17 heavy (non-hydrogen) atoms. The first-order chi connectivity index (χ1) is 8.24. The molecule has 0 saturated heterocycles. The predicted molar refractivity (Wildman–Crippen MR) is 70.6 cm³/mol. The summed E-state index contributed by atoms with van der Waals surface area (Å²) < 4.78 is 0. The monoisotopic (exact) mass is 234 g/mol. The maximum Gasteiger partial charge on any atom is 0.0703 e. The maximum atomic E-state index is 9.23. The number of hydrogen-bond acceptors (Lipinski definition) is 2. The maximum absolute atomic E-state index is 9.23. The smallest absolute Gasteiger partial charge is 0.0703 e. The van der Waals surface area contributed by atoms with E-state index in [0.29, 0.717) is 0 Å². The Hall–Kier alpha value is -0.550.